The Hall–Kier alpha value is -3.07. The van der Waals surface area contributed by atoms with E-state index >= 15 is 0 Å². The molecule has 7 nitrogen and oxygen atoms in total. The van der Waals surface area contributed by atoms with E-state index in [2.05, 4.69) is 5.32 Å². The zero-order valence-electron chi connectivity index (χ0n) is 21.5. The summed E-state index contributed by atoms with van der Waals surface area (Å²) in [5, 5.41) is 3.56. The average Bonchev–Trinajstić information content (AvgIpc) is 2.89. The number of carbonyl (C=O) groups excluding carboxylic acids is 2. The maximum atomic E-state index is 13.8. The second-order valence-corrected chi connectivity index (χ2v) is 11.6. The summed E-state index contributed by atoms with van der Waals surface area (Å²) in [5.41, 5.74) is 1.76. The lowest BCUT2D eigenvalue weighted by Crippen LogP contribution is -2.51. The molecule has 2 amide bonds. The molecule has 0 saturated carbocycles. The Balaban J connectivity index is 2.03. The van der Waals surface area contributed by atoms with Crippen molar-refractivity contribution in [2.45, 2.75) is 44.7 Å². The molecule has 0 aliphatic heterocycles. The van der Waals surface area contributed by atoms with Crippen LogP contribution < -0.4 is 9.62 Å². The molecule has 202 valence electrons. The highest BCUT2D eigenvalue weighted by atomic mass is 35.5. The molecule has 0 fully saturated rings. The van der Waals surface area contributed by atoms with Crippen LogP contribution in [0.4, 0.5) is 5.69 Å². The van der Waals surface area contributed by atoms with Crippen LogP contribution in [0, 0.1) is 6.92 Å². The summed E-state index contributed by atoms with van der Waals surface area (Å²) in [7, 11) is -4.16. The first-order valence-corrected chi connectivity index (χ1v) is 14.4. The topological polar surface area (TPSA) is 86.8 Å². The maximum absolute atomic E-state index is 13.8. The van der Waals surface area contributed by atoms with Crippen LogP contribution in [0.3, 0.4) is 0 Å². The maximum Gasteiger partial charge on any atom is 0.264 e. The van der Waals surface area contributed by atoms with Crippen LogP contribution in [0.15, 0.2) is 77.7 Å². The first kappa shape index (κ1) is 29.5. The Morgan fingerprint density at radius 3 is 2.29 bits per heavy atom. The number of hydrogen-bond donors (Lipinski definition) is 1. The summed E-state index contributed by atoms with van der Waals surface area (Å²) in [6, 6.07) is 18.8. The molecule has 0 heterocycles. The van der Waals surface area contributed by atoms with Gasteiger partial charge in [0.1, 0.15) is 12.6 Å². The van der Waals surface area contributed by atoms with E-state index in [1.54, 1.807) is 61.5 Å². The zero-order chi connectivity index (χ0) is 27.9. The number of halogens is 2. The van der Waals surface area contributed by atoms with Gasteiger partial charge in [-0.1, -0.05) is 72.1 Å². The fraction of sp³-hybridized carbons (Fsp3) is 0.286. The Bertz CT molecular complexity index is 1380. The van der Waals surface area contributed by atoms with Gasteiger partial charge in [-0.05, 0) is 62.2 Å². The number of nitrogens with one attached hydrogen (secondary N) is 1. The molecular weight excluding hydrogens is 545 g/mol. The van der Waals surface area contributed by atoms with Crippen molar-refractivity contribution in [3.63, 3.8) is 0 Å². The van der Waals surface area contributed by atoms with Crippen molar-refractivity contribution in [2.75, 3.05) is 17.4 Å². The van der Waals surface area contributed by atoms with Gasteiger partial charge in [-0.25, -0.2) is 8.42 Å². The lowest BCUT2D eigenvalue weighted by molar-refractivity contribution is -0.139. The second-order valence-electron chi connectivity index (χ2n) is 8.88. The third-order valence-corrected chi connectivity index (χ3v) is 8.39. The van der Waals surface area contributed by atoms with E-state index < -0.39 is 28.5 Å². The zero-order valence-corrected chi connectivity index (χ0v) is 23.9. The lowest BCUT2D eigenvalue weighted by atomic mass is 10.1. The minimum atomic E-state index is -4.16. The van der Waals surface area contributed by atoms with Gasteiger partial charge >= 0.3 is 0 Å². The van der Waals surface area contributed by atoms with Gasteiger partial charge in [-0.3, -0.25) is 13.9 Å². The summed E-state index contributed by atoms with van der Waals surface area (Å²) >= 11 is 12.6. The highest BCUT2D eigenvalue weighted by molar-refractivity contribution is 7.92. The van der Waals surface area contributed by atoms with Gasteiger partial charge < -0.3 is 10.2 Å². The fourth-order valence-corrected chi connectivity index (χ4v) is 5.57. The predicted octanol–water partition coefficient (Wildman–Crippen LogP) is 5.44. The van der Waals surface area contributed by atoms with E-state index in [1.165, 1.54) is 23.1 Å². The molecule has 0 saturated heterocycles. The molecule has 0 aliphatic rings. The summed E-state index contributed by atoms with van der Waals surface area (Å²) < 4.78 is 28.6. The number of nitrogens with zero attached hydrogens (tertiary/aromatic N) is 2. The van der Waals surface area contributed by atoms with Gasteiger partial charge in [0.2, 0.25) is 11.8 Å². The van der Waals surface area contributed by atoms with Gasteiger partial charge in [-0.2, -0.15) is 0 Å². The summed E-state index contributed by atoms with van der Waals surface area (Å²) in [6.07, 6.45) is 0.730. The number of amides is 2. The molecule has 0 spiro atoms. The molecule has 10 heteroatoms. The number of anilines is 1. The Morgan fingerprint density at radius 1 is 0.974 bits per heavy atom. The minimum Gasteiger partial charge on any atom is -0.354 e. The standard InChI is InChI=1S/C28H31Cl2N3O4S/c1-4-16-31-28(35)21(3)32(18-22-8-5-6-11-26(22)30)27(34)19-33(24-10-7-9-23(29)17-24)38(36,37)25-14-12-20(2)13-15-25/h5-15,17,21H,4,16,18-19H2,1-3H3,(H,31,35)/t21-/m1/s1. The molecule has 1 atom stereocenters. The summed E-state index contributed by atoms with van der Waals surface area (Å²) in [5.74, 6) is -0.914. The lowest BCUT2D eigenvalue weighted by Gasteiger charge is -2.32. The van der Waals surface area contributed by atoms with Gasteiger partial charge in [0, 0.05) is 23.1 Å². The second kappa shape index (κ2) is 13.1. The molecule has 0 aliphatic carbocycles. The van der Waals surface area contributed by atoms with Crippen LogP contribution >= 0.6 is 23.2 Å². The van der Waals surface area contributed by atoms with Crippen LogP contribution in [0.1, 0.15) is 31.4 Å². The first-order valence-electron chi connectivity index (χ1n) is 12.2. The number of benzene rings is 3. The molecule has 3 rings (SSSR count). The number of aryl methyl sites for hydroxylation is 1. The van der Waals surface area contributed by atoms with E-state index in [0.29, 0.717) is 22.2 Å². The first-order chi connectivity index (χ1) is 18.0. The Kier molecular flexibility index (Phi) is 10.2. The van der Waals surface area contributed by atoms with E-state index in [-0.39, 0.29) is 23.0 Å². The van der Waals surface area contributed by atoms with Crippen molar-refractivity contribution in [1.82, 2.24) is 10.2 Å². The average molecular weight is 577 g/mol. The number of sulfonamides is 1. The van der Waals surface area contributed by atoms with Crippen LogP contribution in [-0.4, -0.2) is 44.3 Å². The number of rotatable bonds is 11. The van der Waals surface area contributed by atoms with Crippen LogP contribution in [-0.2, 0) is 26.2 Å². The van der Waals surface area contributed by atoms with Crippen LogP contribution in [0.2, 0.25) is 10.0 Å². The van der Waals surface area contributed by atoms with Gasteiger partial charge in [0.05, 0.1) is 10.6 Å². The smallest absolute Gasteiger partial charge is 0.264 e. The largest absolute Gasteiger partial charge is 0.354 e. The van der Waals surface area contributed by atoms with Crippen LogP contribution in [0.5, 0.6) is 0 Å². The molecule has 3 aromatic rings. The Morgan fingerprint density at radius 2 is 1.66 bits per heavy atom. The summed E-state index contributed by atoms with van der Waals surface area (Å²) in [6.45, 7) is 5.31. The van der Waals surface area contributed by atoms with E-state index in [4.69, 9.17) is 23.2 Å². The van der Waals surface area contributed by atoms with Gasteiger partial charge in [0.15, 0.2) is 0 Å². The predicted molar refractivity (Wildman–Crippen MR) is 152 cm³/mol. The third-order valence-electron chi connectivity index (χ3n) is 6.00. The molecule has 0 unspecified atom stereocenters. The SMILES string of the molecule is CCCNC(=O)[C@@H](C)N(Cc1ccccc1Cl)C(=O)CN(c1cccc(Cl)c1)S(=O)(=O)c1ccc(C)cc1. The molecule has 0 radical (unpaired) electrons. The minimum absolute atomic E-state index is 0.0210. The highest BCUT2D eigenvalue weighted by Crippen LogP contribution is 2.27. The quantitative estimate of drug-likeness (QED) is 0.330. The van der Waals surface area contributed by atoms with Crippen molar-refractivity contribution in [3.05, 3.63) is 94.0 Å². The third kappa shape index (κ3) is 7.28. The van der Waals surface area contributed by atoms with E-state index in [0.717, 1.165) is 16.3 Å². The molecular formula is C28H31Cl2N3O4S. The Labute approximate surface area is 234 Å². The molecule has 0 bridgehead atoms. The van der Waals surface area contributed by atoms with Crippen molar-refractivity contribution in [1.29, 1.82) is 0 Å². The summed E-state index contributed by atoms with van der Waals surface area (Å²) in [4.78, 5) is 28.1. The molecule has 3 aromatic carbocycles. The number of hydrogen-bond acceptors (Lipinski definition) is 4. The van der Waals surface area contributed by atoms with Crippen molar-refractivity contribution >= 4 is 50.7 Å². The molecule has 0 aromatic heterocycles. The van der Waals surface area contributed by atoms with Crippen molar-refractivity contribution in [2.24, 2.45) is 0 Å². The molecule has 1 N–H and O–H groups in total. The van der Waals surface area contributed by atoms with Gasteiger partial charge in [-0.15, -0.1) is 0 Å². The fourth-order valence-electron chi connectivity index (χ4n) is 3.79. The monoisotopic (exact) mass is 575 g/mol. The highest BCUT2D eigenvalue weighted by Gasteiger charge is 2.32. The van der Waals surface area contributed by atoms with E-state index in [9.17, 15) is 18.0 Å². The molecule has 38 heavy (non-hydrogen) atoms. The van der Waals surface area contributed by atoms with Crippen LogP contribution in [0.25, 0.3) is 0 Å². The van der Waals surface area contributed by atoms with E-state index in [1.807, 2.05) is 13.8 Å². The normalized spacial score (nSPS) is 12.0. The van der Waals surface area contributed by atoms with Gasteiger partial charge in [0.25, 0.3) is 10.0 Å². The van der Waals surface area contributed by atoms with Crippen molar-refractivity contribution in [3.8, 4) is 0 Å². The number of carbonyl (C=O) groups is 2. The van der Waals surface area contributed by atoms with Crippen molar-refractivity contribution < 1.29 is 18.0 Å².